The maximum absolute atomic E-state index is 12.7. The molecule has 1 fully saturated rings. The largest absolute Gasteiger partial charge is 0.316 e. The first kappa shape index (κ1) is 9.94. The highest BCUT2D eigenvalue weighted by Crippen LogP contribution is 2.29. The number of rotatable bonds is 2. The molecule has 0 bridgehead atoms. The van der Waals surface area contributed by atoms with E-state index in [9.17, 15) is 4.39 Å². The van der Waals surface area contributed by atoms with E-state index >= 15 is 0 Å². The van der Waals surface area contributed by atoms with E-state index in [2.05, 4.69) is 5.32 Å². The van der Waals surface area contributed by atoms with Crippen molar-refractivity contribution in [2.24, 2.45) is 5.92 Å². The van der Waals surface area contributed by atoms with Crippen molar-refractivity contribution in [2.75, 3.05) is 19.8 Å². The molecule has 0 saturated carbocycles. The van der Waals surface area contributed by atoms with Crippen LogP contribution in [0.25, 0.3) is 0 Å². The van der Waals surface area contributed by atoms with Crippen molar-refractivity contribution in [3.63, 3.8) is 0 Å². The molecule has 0 radical (unpaired) electrons. The van der Waals surface area contributed by atoms with Crippen molar-refractivity contribution >= 4 is 11.6 Å². The molecule has 1 aromatic carbocycles. The van der Waals surface area contributed by atoms with E-state index in [1.165, 1.54) is 0 Å². The number of halogens is 2. The predicted molar refractivity (Wildman–Crippen MR) is 56.5 cm³/mol. The molecule has 76 valence electrons. The third-order valence-corrected chi connectivity index (χ3v) is 3.05. The SMILES string of the molecule is FCC1CNCC1c1cccc(Cl)c1. The van der Waals surface area contributed by atoms with Gasteiger partial charge in [-0.2, -0.15) is 0 Å². The van der Waals surface area contributed by atoms with Gasteiger partial charge in [-0.15, -0.1) is 0 Å². The topological polar surface area (TPSA) is 12.0 Å². The Bertz CT molecular complexity index is 316. The number of hydrogen-bond acceptors (Lipinski definition) is 1. The van der Waals surface area contributed by atoms with Crippen LogP contribution in [-0.4, -0.2) is 19.8 Å². The van der Waals surface area contributed by atoms with E-state index in [1.54, 1.807) is 0 Å². The Hall–Kier alpha value is -0.600. The van der Waals surface area contributed by atoms with E-state index in [0.29, 0.717) is 0 Å². The smallest absolute Gasteiger partial charge is 0.0941 e. The Kier molecular flexibility index (Phi) is 3.04. The van der Waals surface area contributed by atoms with Crippen molar-refractivity contribution < 1.29 is 4.39 Å². The summed E-state index contributed by atoms with van der Waals surface area (Å²) in [5.41, 5.74) is 1.14. The van der Waals surface area contributed by atoms with Gasteiger partial charge >= 0.3 is 0 Å². The fourth-order valence-corrected chi connectivity index (χ4v) is 2.22. The standard InChI is InChI=1S/C11H13ClFN/c12-10-3-1-2-8(4-10)11-7-14-6-9(11)5-13/h1-4,9,11,14H,5-7H2. The molecule has 2 unspecified atom stereocenters. The van der Waals surface area contributed by atoms with Crippen LogP contribution < -0.4 is 5.32 Å². The molecule has 1 aliphatic heterocycles. The Morgan fingerprint density at radius 2 is 2.29 bits per heavy atom. The molecule has 1 N–H and O–H groups in total. The van der Waals surface area contributed by atoms with Gasteiger partial charge in [0.1, 0.15) is 0 Å². The van der Waals surface area contributed by atoms with Gasteiger partial charge in [-0.05, 0) is 17.7 Å². The van der Waals surface area contributed by atoms with Gasteiger partial charge in [0.2, 0.25) is 0 Å². The van der Waals surface area contributed by atoms with Gasteiger partial charge in [-0.25, -0.2) is 0 Å². The second-order valence-corrected chi connectivity index (χ2v) is 4.17. The fourth-order valence-electron chi connectivity index (χ4n) is 2.02. The quantitative estimate of drug-likeness (QED) is 0.797. The molecule has 0 amide bonds. The second kappa shape index (κ2) is 4.28. The van der Waals surface area contributed by atoms with Gasteiger partial charge in [0.15, 0.2) is 0 Å². The van der Waals surface area contributed by atoms with Crippen molar-refractivity contribution in [3.05, 3.63) is 34.9 Å². The molecule has 0 spiro atoms. The highest BCUT2D eigenvalue weighted by molar-refractivity contribution is 6.30. The molecule has 1 nitrogen and oxygen atoms in total. The molecule has 1 aromatic rings. The molecule has 1 saturated heterocycles. The Morgan fingerprint density at radius 3 is 3.00 bits per heavy atom. The van der Waals surface area contributed by atoms with Crippen LogP contribution in [-0.2, 0) is 0 Å². The van der Waals surface area contributed by atoms with Crippen LogP contribution in [0.3, 0.4) is 0 Å². The normalized spacial score (nSPS) is 26.7. The lowest BCUT2D eigenvalue weighted by Gasteiger charge is -2.15. The summed E-state index contributed by atoms with van der Waals surface area (Å²) >= 11 is 5.90. The van der Waals surface area contributed by atoms with Gasteiger partial charge in [-0.3, -0.25) is 4.39 Å². The van der Waals surface area contributed by atoms with Gasteiger partial charge in [0, 0.05) is 29.9 Å². The first-order valence-corrected chi connectivity index (χ1v) is 5.21. The summed E-state index contributed by atoms with van der Waals surface area (Å²) in [6, 6.07) is 7.72. The minimum absolute atomic E-state index is 0.105. The molecule has 2 atom stereocenters. The molecular formula is C11H13ClFN. The average Bonchev–Trinajstić information content (AvgIpc) is 2.65. The average molecular weight is 214 g/mol. The van der Waals surface area contributed by atoms with Crippen molar-refractivity contribution in [1.82, 2.24) is 5.32 Å². The summed E-state index contributed by atoms with van der Waals surface area (Å²) < 4.78 is 12.7. The van der Waals surface area contributed by atoms with E-state index in [4.69, 9.17) is 11.6 Å². The van der Waals surface area contributed by atoms with Crippen LogP contribution in [0, 0.1) is 5.92 Å². The summed E-state index contributed by atoms with van der Waals surface area (Å²) in [5, 5.41) is 3.94. The van der Waals surface area contributed by atoms with Gasteiger partial charge in [0.25, 0.3) is 0 Å². The van der Waals surface area contributed by atoms with Crippen molar-refractivity contribution in [1.29, 1.82) is 0 Å². The lowest BCUT2D eigenvalue weighted by atomic mass is 9.90. The van der Waals surface area contributed by atoms with Crippen LogP contribution in [0.2, 0.25) is 5.02 Å². The zero-order valence-corrected chi connectivity index (χ0v) is 8.60. The van der Waals surface area contributed by atoms with Crippen LogP contribution in [0.4, 0.5) is 4.39 Å². The van der Waals surface area contributed by atoms with Gasteiger partial charge in [-0.1, -0.05) is 23.7 Å². The maximum atomic E-state index is 12.7. The molecule has 1 aliphatic rings. The molecule has 14 heavy (non-hydrogen) atoms. The van der Waals surface area contributed by atoms with Crippen LogP contribution in [0.5, 0.6) is 0 Å². The summed E-state index contributed by atoms with van der Waals surface area (Å²) in [7, 11) is 0. The zero-order chi connectivity index (χ0) is 9.97. The van der Waals surface area contributed by atoms with E-state index in [1.807, 2.05) is 24.3 Å². The predicted octanol–water partition coefficient (Wildman–Crippen LogP) is 2.61. The lowest BCUT2D eigenvalue weighted by molar-refractivity contribution is 0.358. The van der Waals surface area contributed by atoms with E-state index < -0.39 is 0 Å². The number of alkyl halides is 1. The van der Waals surface area contributed by atoms with Crippen LogP contribution in [0.15, 0.2) is 24.3 Å². The number of benzene rings is 1. The monoisotopic (exact) mass is 213 g/mol. The van der Waals surface area contributed by atoms with Gasteiger partial charge < -0.3 is 5.32 Å². The summed E-state index contributed by atoms with van der Waals surface area (Å²) in [5.74, 6) is 0.382. The fraction of sp³-hybridized carbons (Fsp3) is 0.455. The lowest BCUT2D eigenvalue weighted by Crippen LogP contribution is -2.12. The van der Waals surface area contributed by atoms with Crippen molar-refractivity contribution in [3.8, 4) is 0 Å². The Balaban J connectivity index is 2.21. The van der Waals surface area contributed by atoms with Gasteiger partial charge in [0.05, 0.1) is 6.67 Å². The highest BCUT2D eigenvalue weighted by Gasteiger charge is 2.28. The van der Waals surface area contributed by atoms with Crippen LogP contribution >= 0.6 is 11.6 Å². The molecule has 2 rings (SSSR count). The highest BCUT2D eigenvalue weighted by atomic mass is 35.5. The van der Waals surface area contributed by atoms with E-state index in [-0.39, 0.29) is 18.5 Å². The third-order valence-electron chi connectivity index (χ3n) is 2.81. The molecule has 0 aliphatic carbocycles. The first-order valence-electron chi connectivity index (χ1n) is 4.83. The Morgan fingerprint density at radius 1 is 1.43 bits per heavy atom. The maximum Gasteiger partial charge on any atom is 0.0941 e. The molecular weight excluding hydrogens is 201 g/mol. The minimum atomic E-state index is -0.260. The summed E-state index contributed by atoms with van der Waals surface area (Å²) in [6.45, 7) is 1.37. The number of hydrogen-bond donors (Lipinski definition) is 1. The molecule has 1 heterocycles. The van der Waals surface area contributed by atoms with Crippen molar-refractivity contribution in [2.45, 2.75) is 5.92 Å². The molecule has 0 aromatic heterocycles. The minimum Gasteiger partial charge on any atom is -0.316 e. The first-order chi connectivity index (χ1) is 6.81. The van der Waals surface area contributed by atoms with E-state index in [0.717, 1.165) is 23.7 Å². The Labute approximate surface area is 88.3 Å². The molecule has 3 heteroatoms. The second-order valence-electron chi connectivity index (χ2n) is 3.73. The number of nitrogens with one attached hydrogen (secondary N) is 1. The third kappa shape index (κ3) is 1.91. The summed E-state index contributed by atoms with van der Waals surface area (Å²) in [4.78, 5) is 0. The summed E-state index contributed by atoms with van der Waals surface area (Å²) in [6.07, 6.45) is 0. The zero-order valence-electron chi connectivity index (χ0n) is 7.84. The van der Waals surface area contributed by atoms with Crippen LogP contribution in [0.1, 0.15) is 11.5 Å².